The van der Waals surface area contributed by atoms with Gasteiger partial charge in [-0.05, 0) is 25.5 Å². The minimum Gasteiger partial charge on any atom is -0.481 e. The number of hydrogen-bond acceptors (Lipinski definition) is 3. The van der Waals surface area contributed by atoms with E-state index in [-0.39, 0.29) is 12.5 Å². The number of carbonyl (C=O) groups excluding carboxylic acids is 1. The number of rotatable bonds is 3. The van der Waals surface area contributed by atoms with Gasteiger partial charge in [-0.1, -0.05) is 0 Å². The zero-order valence-corrected chi connectivity index (χ0v) is 11.0. The fourth-order valence-electron chi connectivity index (χ4n) is 2.13. The van der Waals surface area contributed by atoms with Crippen LogP contribution in [0.4, 0.5) is 0 Å². The van der Waals surface area contributed by atoms with Crippen LogP contribution in [0, 0.1) is 5.41 Å². The average Bonchev–Trinajstić information content (AvgIpc) is 2.94. The molecule has 102 valence electrons. The highest BCUT2D eigenvalue weighted by molar-refractivity contribution is 5.92. The van der Waals surface area contributed by atoms with Gasteiger partial charge in [0.05, 0.1) is 11.1 Å². The molecule has 2 rings (SSSR count). The molecule has 2 heterocycles. The molecule has 1 aromatic rings. The van der Waals surface area contributed by atoms with Crippen molar-refractivity contribution in [2.45, 2.75) is 13.3 Å². The molecule has 0 saturated carbocycles. The Morgan fingerprint density at radius 2 is 2.26 bits per heavy atom. The SMILES string of the molecule is Cn1nccc1/C=C/C(=O)N1CC[C@@](C)(C(=O)O)C1. The van der Waals surface area contributed by atoms with Gasteiger partial charge in [-0.2, -0.15) is 5.10 Å². The number of carbonyl (C=O) groups is 2. The highest BCUT2D eigenvalue weighted by Gasteiger charge is 2.41. The van der Waals surface area contributed by atoms with E-state index in [0.29, 0.717) is 13.0 Å². The lowest BCUT2D eigenvalue weighted by atomic mass is 9.90. The highest BCUT2D eigenvalue weighted by Crippen LogP contribution is 2.30. The third kappa shape index (κ3) is 2.67. The van der Waals surface area contributed by atoms with Gasteiger partial charge in [-0.15, -0.1) is 0 Å². The van der Waals surface area contributed by atoms with Crippen LogP contribution in [0.5, 0.6) is 0 Å². The lowest BCUT2D eigenvalue weighted by molar-refractivity contribution is -0.147. The summed E-state index contributed by atoms with van der Waals surface area (Å²) in [4.78, 5) is 24.7. The van der Waals surface area contributed by atoms with Gasteiger partial charge >= 0.3 is 5.97 Å². The maximum Gasteiger partial charge on any atom is 0.311 e. The predicted molar refractivity (Wildman–Crippen MR) is 69.2 cm³/mol. The molecule has 0 aliphatic carbocycles. The van der Waals surface area contributed by atoms with E-state index in [1.165, 1.54) is 6.08 Å². The second-order valence-electron chi connectivity index (χ2n) is 5.09. The summed E-state index contributed by atoms with van der Waals surface area (Å²) in [6.07, 6.45) is 5.30. The van der Waals surface area contributed by atoms with Gasteiger partial charge in [0.15, 0.2) is 0 Å². The van der Waals surface area contributed by atoms with Crippen molar-refractivity contribution >= 4 is 18.0 Å². The maximum atomic E-state index is 12.0. The third-order valence-corrected chi connectivity index (χ3v) is 3.56. The first-order valence-corrected chi connectivity index (χ1v) is 6.11. The van der Waals surface area contributed by atoms with Gasteiger partial charge in [-0.25, -0.2) is 0 Å². The first-order chi connectivity index (χ1) is 8.92. The molecule has 1 amide bonds. The van der Waals surface area contributed by atoms with Gasteiger partial charge in [-0.3, -0.25) is 14.3 Å². The van der Waals surface area contributed by atoms with Crippen LogP contribution in [0.3, 0.4) is 0 Å². The number of aromatic nitrogens is 2. The van der Waals surface area contributed by atoms with E-state index < -0.39 is 11.4 Å². The van der Waals surface area contributed by atoms with Crippen molar-refractivity contribution < 1.29 is 14.7 Å². The number of aryl methyl sites for hydroxylation is 1. The molecule has 1 aliphatic rings. The second-order valence-corrected chi connectivity index (χ2v) is 5.09. The Labute approximate surface area is 111 Å². The lowest BCUT2D eigenvalue weighted by Gasteiger charge is -2.18. The molecule has 1 atom stereocenters. The number of aliphatic carboxylic acids is 1. The Balaban J connectivity index is 2.01. The molecule has 19 heavy (non-hydrogen) atoms. The summed E-state index contributed by atoms with van der Waals surface area (Å²) in [6, 6.07) is 1.80. The first-order valence-electron chi connectivity index (χ1n) is 6.11. The van der Waals surface area contributed by atoms with Crippen LogP contribution in [0.25, 0.3) is 6.08 Å². The standard InChI is InChI=1S/C13H17N3O3/c1-13(12(18)19)6-8-16(9-13)11(17)4-3-10-5-7-14-15(10)2/h3-5,7H,6,8-9H2,1-2H3,(H,18,19)/b4-3+/t13-/m1/s1. The van der Waals surface area contributed by atoms with Crippen LogP contribution < -0.4 is 0 Å². The first kappa shape index (κ1) is 13.3. The molecule has 0 spiro atoms. The summed E-state index contributed by atoms with van der Waals surface area (Å²) in [5, 5.41) is 13.1. The molecule has 6 heteroatoms. The molecule has 6 nitrogen and oxygen atoms in total. The summed E-state index contributed by atoms with van der Waals surface area (Å²) in [5.74, 6) is -1.01. The quantitative estimate of drug-likeness (QED) is 0.817. The van der Waals surface area contributed by atoms with E-state index in [4.69, 9.17) is 5.11 Å². The lowest BCUT2D eigenvalue weighted by Crippen LogP contribution is -2.34. The molecule has 0 unspecified atom stereocenters. The van der Waals surface area contributed by atoms with Crippen LogP contribution in [0.1, 0.15) is 19.0 Å². The van der Waals surface area contributed by atoms with Crippen LogP contribution in [0.15, 0.2) is 18.3 Å². The Bertz CT molecular complexity index is 535. The smallest absolute Gasteiger partial charge is 0.311 e. The molecule has 1 saturated heterocycles. The van der Waals surface area contributed by atoms with Crippen molar-refractivity contribution in [2.24, 2.45) is 12.5 Å². The topological polar surface area (TPSA) is 75.4 Å². The van der Waals surface area contributed by atoms with E-state index >= 15 is 0 Å². The minimum absolute atomic E-state index is 0.161. The van der Waals surface area contributed by atoms with Gasteiger partial charge in [0, 0.05) is 32.4 Å². The van der Waals surface area contributed by atoms with Crippen LogP contribution in [-0.2, 0) is 16.6 Å². The van der Waals surface area contributed by atoms with Gasteiger partial charge in [0.2, 0.25) is 5.91 Å². The molecule has 1 fully saturated rings. The Morgan fingerprint density at radius 3 is 2.79 bits per heavy atom. The summed E-state index contributed by atoms with van der Waals surface area (Å²) < 4.78 is 1.66. The van der Waals surface area contributed by atoms with Crippen molar-refractivity contribution in [1.82, 2.24) is 14.7 Å². The summed E-state index contributed by atoms with van der Waals surface area (Å²) >= 11 is 0. The Kier molecular flexibility index (Phi) is 3.42. The number of amides is 1. The van der Waals surface area contributed by atoms with Crippen molar-refractivity contribution in [3.63, 3.8) is 0 Å². The number of likely N-dealkylation sites (tertiary alicyclic amines) is 1. The third-order valence-electron chi connectivity index (χ3n) is 3.56. The molecule has 0 bridgehead atoms. The monoisotopic (exact) mass is 263 g/mol. The van der Waals surface area contributed by atoms with Crippen molar-refractivity contribution in [3.8, 4) is 0 Å². The average molecular weight is 263 g/mol. The summed E-state index contributed by atoms with van der Waals surface area (Å²) in [5.41, 5.74) is 0.00397. The van der Waals surface area contributed by atoms with E-state index in [1.54, 1.807) is 41.9 Å². The predicted octanol–water partition coefficient (Wildman–Crippen LogP) is 0.756. The Hall–Kier alpha value is -2.11. The van der Waals surface area contributed by atoms with Crippen molar-refractivity contribution in [3.05, 3.63) is 24.0 Å². The molecule has 0 radical (unpaired) electrons. The second kappa shape index (κ2) is 4.87. The van der Waals surface area contributed by atoms with E-state index in [2.05, 4.69) is 5.10 Å². The number of hydrogen-bond donors (Lipinski definition) is 1. The largest absolute Gasteiger partial charge is 0.481 e. The van der Waals surface area contributed by atoms with Gasteiger partial charge in [0.25, 0.3) is 0 Å². The zero-order valence-electron chi connectivity index (χ0n) is 11.0. The summed E-state index contributed by atoms with van der Waals surface area (Å²) in [7, 11) is 1.79. The number of carboxylic acid groups (broad SMARTS) is 1. The number of nitrogens with zero attached hydrogens (tertiary/aromatic N) is 3. The van der Waals surface area contributed by atoms with Gasteiger partial charge < -0.3 is 10.0 Å². The van der Waals surface area contributed by atoms with Crippen LogP contribution in [-0.4, -0.2) is 44.8 Å². The Morgan fingerprint density at radius 1 is 1.53 bits per heavy atom. The molecule has 1 aliphatic heterocycles. The van der Waals surface area contributed by atoms with E-state index in [0.717, 1.165) is 5.69 Å². The normalized spacial score (nSPS) is 23.2. The molecule has 1 N–H and O–H groups in total. The van der Waals surface area contributed by atoms with Crippen molar-refractivity contribution in [1.29, 1.82) is 0 Å². The highest BCUT2D eigenvalue weighted by atomic mass is 16.4. The van der Waals surface area contributed by atoms with Crippen LogP contribution in [0.2, 0.25) is 0 Å². The van der Waals surface area contributed by atoms with Crippen molar-refractivity contribution in [2.75, 3.05) is 13.1 Å². The molecule has 0 aromatic carbocycles. The minimum atomic E-state index is -0.849. The molecular weight excluding hydrogens is 246 g/mol. The maximum absolute atomic E-state index is 12.0. The molecular formula is C13H17N3O3. The molecule has 1 aromatic heterocycles. The fourth-order valence-corrected chi connectivity index (χ4v) is 2.13. The fraction of sp³-hybridized carbons (Fsp3) is 0.462. The van der Waals surface area contributed by atoms with Crippen LogP contribution >= 0.6 is 0 Å². The summed E-state index contributed by atoms with van der Waals surface area (Å²) in [6.45, 7) is 2.42. The van der Waals surface area contributed by atoms with Gasteiger partial charge in [0.1, 0.15) is 0 Å². The zero-order chi connectivity index (χ0) is 14.0. The van der Waals surface area contributed by atoms with E-state index in [9.17, 15) is 9.59 Å². The van der Waals surface area contributed by atoms with E-state index in [1.807, 2.05) is 0 Å². The number of carboxylic acids is 1.